The minimum Gasteiger partial charge on any atom is -0.398 e. The summed E-state index contributed by atoms with van der Waals surface area (Å²) >= 11 is 3.33. The van der Waals surface area contributed by atoms with E-state index >= 15 is 0 Å². The van der Waals surface area contributed by atoms with Crippen molar-refractivity contribution in [2.75, 3.05) is 5.73 Å². The third-order valence-electron chi connectivity index (χ3n) is 2.48. The highest BCUT2D eigenvalue weighted by molar-refractivity contribution is 9.10. The molecule has 2 rings (SSSR count). The Morgan fingerprint density at radius 2 is 2.29 bits per heavy atom. The molecule has 2 aromatic rings. The van der Waals surface area contributed by atoms with Crippen LogP contribution in [0.2, 0.25) is 0 Å². The molecular formula is C12H12BrN3O. The molecule has 17 heavy (non-hydrogen) atoms. The zero-order chi connectivity index (χ0) is 12.4. The molecule has 1 aromatic carbocycles. The maximum atomic E-state index is 12.2. The average molecular weight is 294 g/mol. The van der Waals surface area contributed by atoms with Gasteiger partial charge in [0.1, 0.15) is 0 Å². The van der Waals surface area contributed by atoms with Crippen molar-refractivity contribution in [3.63, 3.8) is 0 Å². The number of carbonyl (C=O) groups is 1. The molecule has 0 aliphatic carbocycles. The summed E-state index contributed by atoms with van der Waals surface area (Å²) in [4.78, 5) is 12.2. The van der Waals surface area contributed by atoms with Crippen LogP contribution in [-0.4, -0.2) is 15.6 Å². The summed E-state index contributed by atoms with van der Waals surface area (Å²) in [5, 5.41) is 4.08. The maximum absolute atomic E-state index is 12.2. The van der Waals surface area contributed by atoms with Crippen LogP contribution in [0.15, 0.2) is 35.1 Å². The van der Waals surface area contributed by atoms with E-state index in [0.717, 1.165) is 11.0 Å². The largest absolute Gasteiger partial charge is 0.398 e. The molecule has 0 fully saturated rings. The fourth-order valence-electron chi connectivity index (χ4n) is 1.53. The Hall–Kier alpha value is -1.62. The second-order valence-corrected chi connectivity index (χ2v) is 4.56. The van der Waals surface area contributed by atoms with E-state index in [0.29, 0.717) is 16.8 Å². The first-order valence-corrected chi connectivity index (χ1v) is 6.03. The number of nitrogens with two attached hydrogens (primary N) is 1. The smallest absolute Gasteiger partial charge is 0.198 e. The quantitative estimate of drug-likeness (QED) is 0.699. The van der Waals surface area contributed by atoms with Crippen LogP contribution in [0, 0.1) is 0 Å². The molecule has 88 valence electrons. The Balaban J connectivity index is 2.39. The number of hydrogen-bond donors (Lipinski definition) is 1. The first-order chi connectivity index (χ1) is 8.11. The third-order valence-corrected chi connectivity index (χ3v) is 2.97. The Bertz CT molecular complexity index is 563. The number of aryl methyl sites for hydroxylation is 1. The molecule has 2 N–H and O–H groups in total. The lowest BCUT2D eigenvalue weighted by atomic mass is 10.0. The molecule has 0 saturated heterocycles. The van der Waals surface area contributed by atoms with Gasteiger partial charge in [0.25, 0.3) is 0 Å². The number of benzene rings is 1. The Labute approximate surface area is 108 Å². The summed E-state index contributed by atoms with van der Waals surface area (Å²) in [6.07, 6.45) is 3.29. The first-order valence-electron chi connectivity index (χ1n) is 5.24. The van der Waals surface area contributed by atoms with E-state index < -0.39 is 0 Å². The van der Waals surface area contributed by atoms with Crippen LogP contribution < -0.4 is 5.73 Å². The van der Waals surface area contributed by atoms with Crippen LogP contribution in [-0.2, 0) is 6.54 Å². The number of aromatic nitrogens is 2. The molecule has 0 aliphatic rings. The molecule has 0 amide bonds. The summed E-state index contributed by atoms with van der Waals surface area (Å²) in [5.41, 5.74) is 7.32. The van der Waals surface area contributed by atoms with Gasteiger partial charge in [-0.25, -0.2) is 0 Å². The van der Waals surface area contributed by atoms with Crippen LogP contribution >= 0.6 is 15.9 Å². The SMILES string of the molecule is CCn1cc(C(=O)c2cc(Br)ccc2N)cn1. The highest BCUT2D eigenvalue weighted by Crippen LogP contribution is 2.21. The maximum Gasteiger partial charge on any atom is 0.198 e. The second kappa shape index (κ2) is 4.71. The van der Waals surface area contributed by atoms with Gasteiger partial charge in [0.2, 0.25) is 0 Å². The summed E-state index contributed by atoms with van der Waals surface area (Å²) in [6, 6.07) is 5.24. The standard InChI is InChI=1S/C12H12BrN3O/c1-2-16-7-8(6-15-16)12(17)10-5-9(13)3-4-11(10)14/h3-7H,2,14H2,1H3. The minimum atomic E-state index is -0.108. The van der Waals surface area contributed by atoms with Crippen LogP contribution in [0.5, 0.6) is 0 Å². The first kappa shape index (κ1) is 11.9. The Morgan fingerprint density at radius 3 is 2.94 bits per heavy atom. The molecule has 0 spiro atoms. The Morgan fingerprint density at radius 1 is 1.53 bits per heavy atom. The van der Waals surface area contributed by atoms with Crippen molar-refractivity contribution >= 4 is 27.4 Å². The van der Waals surface area contributed by atoms with Crippen LogP contribution in [0.4, 0.5) is 5.69 Å². The van der Waals surface area contributed by atoms with Crippen LogP contribution in [0.3, 0.4) is 0 Å². The highest BCUT2D eigenvalue weighted by Gasteiger charge is 2.14. The van der Waals surface area contributed by atoms with Gasteiger partial charge >= 0.3 is 0 Å². The van der Waals surface area contributed by atoms with Crippen LogP contribution in [0.1, 0.15) is 22.8 Å². The van der Waals surface area contributed by atoms with E-state index in [1.807, 2.05) is 13.0 Å². The molecule has 4 nitrogen and oxygen atoms in total. The van der Waals surface area contributed by atoms with Crippen molar-refractivity contribution in [3.05, 3.63) is 46.2 Å². The van der Waals surface area contributed by atoms with E-state index in [-0.39, 0.29) is 5.78 Å². The molecule has 1 heterocycles. The predicted octanol–water partition coefficient (Wildman–Crippen LogP) is 2.48. The van der Waals surface area contributed by atoms with Gasteiger partial charge in [0.05, 0.1) is 11.8 Å². The summed E-state index contributed by atoms with van der Waals surface area (Å²) in [5.74, 6) is -0.108. The molecule has 0 atom stereocenters. The van der Waals surface area contributed by atoms with Crippen molar-refractivity contribution in [1.29, 1.82) is 0 Å². The molecule has 0 unspecified atom stereocenters. The molecule has 0 aliphatic heterocycles. The lowest BCUT2D eigenvalue weighted by Gasteiger charge is -2.03. The number of hydrogen-bond acceptors (Lipinski definition) is 3. The topological polar surface area (TPSA) is 60.9 Å². The summed E-state index contributed by atoms with van der Waals surface area (Å²) in [7, 11) is 0. The second-order valence-electron chi connectivity index (χ2n) is 3.65. The van der Waals surface area contributed by atoms with Gasteiger partial charge in [0.15, 0.2) is 5.78 Å². The van der Waals surface area contributed by atoms with E-state index in [2.05, 4.69) is 21.0 Å². The van der Waals surface area contributed by atoms with Gasteiger partial charge in [-0.3, -0.25) is 9.48 Å². The van der Waals surface area contributed by atoms with Gasteiger partial charge in [-0.15, -0.1) is 0 Å². The average Bonchev–Trinajstić information content (AvgIpc) is 2.80. The van der Waals surface area contributed by atoms with E-state index in [1.54, 1.807) is 29.2 Å². The van der Waals surface area contributed by atoms with Crippen molar-refractivity contribution in [1.82, 2.24) is 9.78 Å². The normalized spacial score (nSPS) is 10.5. The zero-order valence-corrected chi connectivity index (χ0v) is 10.9. The minimum absolute atomic E-state index is 0.108. The Kier molecular flexibility index (Phi) is 3.28. The number of nitrogens with zero attached hydrogens (tertiary/aromatic N) is 2. The van der Waals surface area contributed by atoms with E-state index in [4.69, 9.17) is 5.73 Å². The van der Waals surface area contributed by atoms with Gasteiger partial charge in [-0.2, -0.15) is 5.10 Å². The monoisotopic (exact) mass is 293 g/mol. The molecule has 0 radical (unpaired) electrons. The number of anilines is 1. The van der Waals surface area contributed by atoms with E-state index in [9.17, 15) is 4.79 Å². The van der Waals surface area contributed by atoms with Crippen molar-refractivity contribution in [2.24, 2.45) is 0 Å². The van der Waals surface area contributed by atoms with Crippen molar-refractivity contribution in [2.45, 2.75) is 13.5 Å². The lowest BCUT2D eigenvalue weighted by molar-refractivity contribution is 0.103. The van der Waals surface area contributed by atoms with Gasteiger partial charge in [0, 0.05) is 28.5 Å². The molecule has 5 heteroatoms. The highest BCUT2D eigenvalue weighted by atomic mass is 79.9. The summed E-state index contributed by atoms with van der Waals surface area (Å²) in [6.45, 7) is 2.70. The number of carbonyl (C=O) groups excluding carboxylic acids is 1. The van der Waals surface area contributed by atoms with Gasteiger partial charge in [-0.1, -0.05) is 15.9 Å². The van der Waals surface area contributed by atoms with E-state index in [1.165, 1.54) is 0 Å². The molecular weight excluding hydrogens is 282 g/mol. The lowest BCUT2D eigenvalue weighted by Crippen LogP contribution is -2.04. The zero-order valence-electron chi connectivity index (χ0n) is 9.35. The molecule has 0 bridgehead atoms. The third kappa shape index (κ3) is 2.39. The number of halogens is 1. The van der Waals surface area contributed by atoms with Crippen molar-refractivity contribution in [3.8, 4) is 0 Å². The number of nitrogen functional groups attached to an aromatic ring is 1. The van der Waals surface area contributed by atoms with Gasteiger partial charge in [-0.05, 0) is 25.1 Å². The fourth-order valence-corrected chi connectivity index (χ4v) is 1.90. The van der Waals surface area contributed by atoms with Gasteiger partial charge < -0.3 is 5.73 Å². The molecule has 0 saturated carbocycles. The van der Waals surface area contributed by atoms with Crippen LogP contribution in [0.25, 0.3) is 0 Å². The predicted molar refractivity (Wildman–Crippen MR) is 69.9 cm³/mol. The summed E-state index contributed by atoms with van der Waals surface area (Å²) < 4.78 is 2.54. The fraction of sp³-hybridized carbons (Fsp3) is 0.167. The molecule has 1 aromatic heterocycles. The van der Waals surface area contributed by atoms with Crippen molar-refractivity contribution < 1.29 is 4.79 Å². The number of ketones is 1. The number of rotatable bonds is 3.